The van der Waals surface area contributed by atoms with Gasteiger partial charge >= 0.3 is 0 Å². The van der Waals surface area contributed by atoms with Gasteiger partial charge in [0.1, 0.15) is 17.1 Å². The number of amides is 1. The van der Waals surface area contributed by atoms with Gasteiger partial charge in [-0.25, -0.2) is 0 Å². The minimum absolute atomic E-state index is 0.161. The highest BCUT2D eigenvalue weighted by atomic mass is 16.5. The number of aromatic amines is 1. The highest BCUT2D eigenvalue weighted by Crippen LogP contribution is 2.18. The number of ether oxygens (including phenoxy) is 1. The van der Waals surface area contributed by atoms with E-state index in [0.29, 0.717) is 17.9 Å². The van der Waals surface area contributed by atoms with Crippen molar-refractivity contribution in [3.8, 4) is 11.4 Å². The van der Waals surface area contributed by atoms with Gasteiger partial charge in [-0.2, -0.15) is 0 Å². The molecular formula is C23H21N3O3. The number of hydrogen-bond donors (Lipinski definition) is 2. The fraction of sp³-hybridized carbons (Fsp3) is 0.130. The van der Waals surface area contributed by atoms with E-state index in [2.05, 4.69) is 10.3 Å². The molecule has 0 saturated carbocycles. The summed E-state index contributed by atoms with van der Waals surface area (Å²) in [6.07, 6.45) is 0. The molecule has 6 nitrogen and oxygen atoms in total. The van der Waals surface area contributed by atoms with Gasteiger partial charge in [-0.1, -0.05) is 29.8 Å². The first-order valence-electron chi connectivity index (χ1n) is 9.28. The number of carbonyl (C=O) groups excluding carboxylic acids is 1. The Kier molecular flexibility index (Phi) is 4.91. The zero-order valence-electron chi connectivity index (χ0n) is 16.2. The molecule has 2 N–H and O–H groups in total. The summed E-state index contributed by atoms with van der Waals surface area (Å²) >= 11 is 0. The molecule has 0 fully saturated rings. The average molecular weight is 387 g/mol. The summed E-state index contributed by atoms with van der Waals surface area (Å²) in [6, 6.07) is 20.2. The molecule has 2 aromatic heterocycles. The zero-order chi connectivity index (χ0) is 20.4. The standard InChI is InChI=1S/C23H21N3O3/c1-15-6-9-18(10-7-15)26-21(27)11-8-17-13-20(25-22(17)26)23(28)24-14-16-4-3-5-19(12-16)29-2/h3-13,25H,14H2,1-2H3,(H,24,28). The van der Waals surface area contributed by atoms with Crippen LogP contribution in [0.4, 0.5) is 0 Å². The fourth-order valence-electron chi connectivity index (χ4n) is 3.25. The number of carbonyl (C=O) groups is 1. The summed E-state index contributed by atoms with van der Waals surface area (Å²) in [5, 5.41) is 3.68. The van der Waals surface area contributed by atoms with Crippen LogP contribution >= 0.6 is 0 Å². The van der Waals surface area contributed by atoms with Gasteiger partial charge in [0.05, 0.1) is 12.8 Å². The Morgan fingerprint density at radius 2 is 1.86 bits per heavy atom. The third kappa shape index (κ3) is 3.78. The monoisotopic (exact) mass is 387 g/mol. The van der Waals surface area contributed by atoms with E-state index >= 15 is 0 Å². The largest absolute Gasteiger partial charge is 0.497 e. The number of aryl methyl sites for hydroxylation is 1. The second-order valence-electron chi connectivity index (χ2n) is 6.86. The van der Waals surface area contributed by atoms with E-state index in [1.54, 1.807) is 23.8 Å². The SMILES string of the molecule is COc1cccc(CNC(=O)c2cc3ccc(=O)n(-c4ccc(C)cc4)c3[nH]2)c1. The number of benzene rings is 2. The molecule has 29 heavy (non-hydrogen) atoms. The van der Waals surface area contributed by atoms with Crippen molar-refractivity contribution < 1.29 is 9.53 Å². The van der Waals surface area contributed by atoms with Crippen molar-refractivity contribution in [1.29, 1.82) is 0 Å². The molecule has 0 aliphatic rings. The molecule has 4 aromatic rings. The molecule has 4 rings (SSSR count). The molecule has 0 aliphatic heterocycles. The number of methoxy groups -OCH3 is 1. The Bertz CT molecular complexity index is 1240. The zero-order valence-corrected chi connectivity index (χ0v) is 16.2. The second-order valence-corrected chi connectivity index (χ2v) is 6.86. The maximum absolute atomic E-state index is 12.7. The highest BCUT2D eigenvalue weighted by Gasteiger charge is 2.13. The molecule has 0 atom stereocenters. The van der Waals surface area contributed by atoms with Crippen LogP contribution < -0.4 is 15.6 Å². The average Bonchev–Trinajstić information content (AvgIpc) is 3.17. The summed E-state index contributed by atoms with van der Waals surface area (Å²) < 4.78 is 6.79. The highest BCUT2D eigenvalue weighted by molar-refractivity contribution is 5.97. The van der Waals surface area contributed by atoms with E-state index in [1.165, 1.54) is 6.07 Å². The van der Waals surface area contributed by atoms with Crippen LogP contribution in [0.3, 0.4) is 0 Å². The van der Waals surface area contributed by atoms with Crippen molar-refractivity contribution in [2.75, 3.05) is 7.11 Å². The predicted molar refractivity (Wildman–Crippen MR) is 113 cm³/mol. The topological polar surface area (TPSA) is 76.1 Å². The molecule has 0 saturated heterocycles. The van der Waals surface area contributed by atoms with Crippen LogP contribution in [0.25, 0.3) is 16.7 Å². The van der Waals surface area contributed by atoms with Crippen LogP contribution in [0.1, 0.15) is 21.6 Å². The quantitative estimate of drug-likeness (QED) is 0.550. The van der Waals surface area contributed by atoms with E-state index in [0.717, 1.165) is 28.0 Å². The smallest absolute Gasteiger partial charge is 0.268 e. The summed E-state index contributed by atoms with van der Waals surface area (Å²) in [4.78, 5) is 28.3. The lowest BCUT2D eigenvalue weighted by Crippen LogP contribution is -2.23. The number of nitrogens with zero attached hydrogens (tertiary/aromatic N) is 1. The number of aromatic nitrogens is 2. The lowest BCUT2D eigenvalue weighted by Gasteiger charge is -2.08. The molecule has 0 unspecified atom stereocenters. The summed E-state index contributed by atoms with van der Waals surface area (Å²) in [5.41, 5.74) is 3.62. The minimum Gasteiger partial charge on any atom is -0.497 e. The van der Waals surface area contributed by atoms with Gasteiger partial charge in [0.2, 0.25) is 0 Å². The molecule has 2 heterocycles. The van der Waals surface area contributed by atoms with E-state index < -0.39 is 0 Å². The van der Waals surface area contributed by atoms with E-state index in [1.807, 2.05) is 55.5 Å². The van der Waals surface area contributed by atoms with Crippen LogP contribution in [0.15, 0.2) is 71.5 Å². The molecule has 146 valence electrons. The van der Waals surface area contributed by atoms with Crippen molar-refractivity contribution in [1.82, 2.24) is 14.9 Å². The third-order valence-electron chi connectivity index (χ3n) is 4.80. The van der Waals surface area contributed by atoms with Crippen molar-refractivity contribution in [3.63, 3.8) is 0 Å². The molecule has 1 amide bonds. The van der Waals surface area contributed by atoms with Crippen LogP contribution in [0.5, 0.6) is 5.75 Å². The Morgan fingerprint density at radius 1 is 1.07 bits per heavy atom. The van der Waals surface area contributed by atoms with Crippen molar-refractivity contribution in [2.24, 2.45) is 0 Å². The molecular weight excluding hydrogens is 366 g/mol. The second kappa shape index (κ2) is 7.67. The van der Waals surface area contributed by atoms with Crippen LogP contribution in [-0.2, 0) is 6.54 Å². The first-order valence-corrected chi connectivity index (χ1v) is 9.28. The Balaban J connectivity index is 1.63. The van der Waals surface area contributed by atoms with Gasteiger partial charge in [-0.3, -0.25) is 14.2 Å². The molecule has 0 aliphatic carbocycles. The number of H-pyrrole nitrogens is 1. The van der Waals surface area contributed by atoms with Gasteiger partial charge in [0, 0.05) is 18.0 Å². The Morgan fingerprint density at radius 3 is 2.62 bits per heavy atom. The lowest BCUT2D eigenvalue weighted by atomic mass is 10.2. The van der Waals surface area contributed by atoms with Crippen molar-refractivity contribution in [3.05, 3.63) is 93.9 Å². The first kappa shape index (κ1) is 18.6. The number of pyridine rings is 1. The molecule has 2 aromatic carbocycles. The predicted octanol–water partition coefficient (Wildman–Crippen LogP) is 3.57. The number of fused-ring (bicyclic) bond motifs is 1. The van der Waals surface area contributed by atoms with Crippen LogP contribution in [-0.4, -0.2) is 22.6 Å². The summed E-state index contributed by atoms with van der Waals surface area (Å²) in [7, 11) is 1.61. The minimum atomic E-state index is -0.244. The van der Waals surface area contributed by atoms with Crippen molar-refractivity contribution in [2.45, 2.75) is 13.5 Å². The van der Waals surface area contributed by atoms with Gasteiger partial charge in [0.25, 0.3) is 11.5 Å². The summed E-state index contributed by atoms with van der Waals surface area (Å²) in [6.45, 7) is 2.36. The molecule has 0 radical (unpaired) electrons. The maximum atomic E-state index is 12.7. The third-order valence-corrected chi connectivity index (χ3v) is 4.80. The molecule has 0 spiro atoms. The van der Waals surface area contributed by atoms with E-state index in [4.69, 9.17) is 4.74 Å². The number of hydrogen-bond acceptors (Lipinski definition) is 3. The van der Waals surface area contributed by atoms with Gasteiger partial charge < -0.3 is 15.0 Å². The van der Waals surface area contributed by atoms with Gasteiger partial charge in [0.15, 0.2) is 0 Å². The maximum Gasteiger partial charge on any atom is 0.268 e. The van der Waals surface area contributed by atoms with E-state index in [-0.39, 0.29) is 11.5 Å². The molecule has 0 bridgehead atoms. The first-order chi connectivity index (χ1) is 14.0. The fourth-order valence-corrected chi connectivity index (χ4v) is 3.25. The van der Waals surface area contributed by atoms with Gasteiger partial charge in [-0.15, -0.1) is 0 Å². The Hall–Kier alpha value is -3.80. The number of nitrogens with one attached hydrogen (secondary N) is 2. The van der Waals surface area contributed by atoms with E-state index in [9.17, 15) is 9.59 Å². The normalized spacial score (nSPS) is 10.8. The summed E-state index contributed by atoms with van der Waals surface area (Å²) in [5.74, 6) is 0.497. The number of rotatable bonds is 5. The Labute approximate surface area is 167 Å². The van der Waals surface area contributed by atoms with Crippen LogP contribution in [0, 0.1) is 6.92 Å². The van der Waals surface area contributed by atoms with Crippen LogP contribution in [0.2, 0.25) is 0 Å². The molecule has 6 heteroatoms. The lowest BCUT2D eigenvalue weighted by molar-refractivity contribution is 0.0946. The van der Waals surface area contributed by atoms with Gasteiger partial charge in [-0.05, 0) is 48.9 Å². The van der Waals surface area contributed by atoms with Crippen molar-refractivity contribution >= 4 is 16.9 Å².